The Morgan fingerprint density at radius 2 is 1.94 bits per heavy atom. The lowest BCUT2D eigenvalue weighted by atomic mass is 10.2. The highest BCUT2D eigenvalue weighted by atomic mass is 79.9. The molecule has 0 saturated carbocycles. The third-order valence-electron chi connectivity index (χ3n) is 2.34. The summed E-state index contributed by atoms with van der Waals surface area (Å²) in [7, 11) is 0. The molecular formula is C12H10Br3NS. The number of hydrogen-bond donors (Lipinski definition) is 1. The number of aryl methyl sites for hydroxylation is 1. The second-order valence-electron chi connectivity index (χ2n) is 3.65. The molecule has 0 unspecified atom stereocenters. The molecular weight excluding hydrogens is 430 g/mol. The molecule has 2 rings (SSSR count). The van der Waals surface area contributed by atoms with Crippen molar-refractivity contribution in [1.29, 1.82) is 0 Å². The molecule has 1 N–H and O–H groups in total. The Morgan fingerprint density at radius 3 is 2.53 bits per heavy atom. The Morgan fingerprint density at radius 1 is 1.18 bits per heavy atom. The van der Waals surface area contributed by atoms with E-state index in [0.717, 1.165) is 19.3 Å². The minimum atomic E-state index is 0.845. The second-order valence-corrected chi connectivity index (χ2v) is 7.87. The molecule has 5 heteroatoms. The summed E-state index contributed by atoms with van der Waals surface area (Å²) in [6.07, 6.45) is 0. The molecule has 0 aliphatic rings. The molecule has 0 radical (unpaired) electrons. The molecule has 0 fully saturated rings. The first-order valence-electron chi connectivity index (χ1n) is 5.00. The zero-order valence-corrected chi connectivity index (χ0v) is 14.6. The summed E-state index contributed by atoms with van der Waals surface area (Å²) in [6.45, 7) is 2.95. The van der Waals surface area contributed by atoms with Crippen molar-refractivity contribution in [2.45, 2.75) is 13.5 Å². The van der Waals surface area contributed by atoms with Gasteiger partial charge in [0.25, 0.3) is 0 Å². The van der Waals surface area contributed by atoms with Gasteiger partial charge >= 0.3 is 0 Å². The van der Waals surface area contributed by atoms with E-state index in [9.17, 15) is 0 Å². The Hall–Kier alpha value is 0.160. The van der Waals surface area contributed by atoms with E-state index in [0.29, 0.717) is 0 Å². The zero-order valence-electron chi connectivity index (χ0n) is 9.06. The maximum Gasteiger partial charge on any atom is 0.0843 e. The quantitative estimate of drug-likeness (QED) is 0.622. The Balaban J connectivity index is 2.07. The van der Waals surface area contributed by atoms with Crippen LogP contribution in [-0.4, -0.2) is 0 Å². The van der Waals surface area contributed by atoms with Crippen LogP contribution in [0.15, 0.2) is 37.0 Å². The van der Waals surface area contributed by atoms with Gasteiger partial charge in [-0.15, -0.1) is 11.3 Å². The molecule has 0 aliphatic carbocycles. The predicted molar refractivity (Wildman–Crippen MR) is 85.9 cm³/mol. The maximum atomic E-state index is 3.50. The first kappa shape index (κ1) is 13.6. The maximum absolute atomic E-state index is 3.50. The minimum absolute atomic E-state index is 0.845. The molecule has 1 heterocycles. The molecule has 1 nitrogen and oxygen atoms in total. The van der Waals surface area contributed by atoms with Gasteiger partial charge in [0.05, 0.1) is 3.79 Å². The van der Waals surface area contributed by atoms with Crippen molar-refractivity contribution in [1.82, 2.24) is 0 Å². The first-order valence-corrected chi connectivity index (χ1v) is 8.19. The van der Waals surface area contributed by atoms with Gasteiger partial charge in [0, 0.05) is 26.1 Å². The normalized spacial score (nSPS) is 10.6. The summed E-state index contributed by atoms with van der Waals surface area (Å²) in [5.74, 6) is 0. The number of halogens is 3. The first-order chi connectivity index (χ1) is 8.06. The lowest BCUT2D eigenvalue weighted by Gasteiger charge is -2.08. The molecule has 0 spiro atoms. The van der Waals surface area contributed by atoms with Crippen LogP contribution >= 0.6 is 59.1 Å². The van der Waals surface area contributed by atoms with Gasteiger partial charge in [-0.2, -0.15) is 0 Å². The average molecular weight is 440 g/mol. The highest BCUT2D eigenvalue weighted by Gasteiger charge is 2.04. The van der Waals surface area contributed by atoms with Crippen LogP contribution in [0, 0.1) is 6.92 Å². The molecule has 0 saturated heterocycles. The highest BCUT2D eigenvalue weighted by molar-refractivity contribution is 9.13. The molecule has 1 aromatic heterocycles. The number of thiophene rings is 1. The fourth-order valence-corrected chi connectivity index (χ4v) is 4.08. The van der Waals surface area contributed by atoms with Crippen LogP contribution in [0.2, 0.25) is 0 Å². The van der Waals surface area contributed by atoms with Gasteiger partial charge in [-0.1, -0.05) is 15.9 Å². The van der Waals surface area contributed by atoms with E-state index in [2.05, 4.69) is 84.3 Å². The predicted octanol–water partition coefficient (Wildman–Crippen LogP) is 5.96. The van der Waals surface area contributed by atoms with E-state index >= 15 is 0 Å². The number of nitrogens with one attached hydrogen (secondary N) is 1. The van der Waals surface area contributed by atoms with Crippen LogP contribution in [0.25, 0.3) is 0 Å². The zero-order chi connectivity index (χ0) is 12.4. The van der Waals surface area contributed by atoms with Gasteiger partial charge in [0.2, 0.25) is 0 Å². The smallest absolute Gasteiger partial charge is 0.0843 e. The van der Waals surface area contributed by atoms with Crippen LogP contribution in [-0.2, 0) is 6.54 Å². The van der Waals surface area contributed by atoms with Crippen molar-refractivity contribution in [3.8, 4) is 0 Å². The van der Waals surface area contributed by atoms with E-state index in [1.54, 1.807) is 11.3 Å². The third kappa shape index (κ3) is 3.56. The number of hydrogen-bond acceptors (Lipinski definition) is 2. The SMILES string of the molecule is Cc1cc(Br)ccc1NCc1cc(Br)c(Br)s1. The molecule has 2 aromatic rings. The largest absolute Gasteiger partial charge is 0.380 e. The van der Waals surface area contributed by atoms with Gasteiger partial charge in [-0.05, 0) is 68.6 Å². The van der Waals surface area contributed by atoms with E-state index in [4.69, 9.17) is 0 Å². The van der Waals surface area contributed by atoms with E-state index < -0.39 is 0 Å². The monoisotopic (exact) mass is 437 g/mol. The Kier molecular flexibility index (Phi) is 4.69. The van der Waals surface area contributed by atoms with Crippen molar-refractivity contribution in [3.05, 3.63) is 47.4 Å². The van der Waals surface area contributed by atoms with Crippen LogP contribution in [0.3, 0.4) is 0 Å². The van der Waals surface area contributed by atoms with Crippen LogP contribution in [0.5, 0.6) is 0 Å². The molecule has 0 amide bonds. The van der Waals surface area contributed by atoms with Crippen molar-refractivity contribution in [2.75, 3.05) is 5.32 Å². The van der Waals surface area contributed by atoms with Gasteiger partial charge in [0.1, 0.15) is 0 Å². The average Bonchev–Trinajstić information content (AvgIpc) is 2.57. The standard InChI is InChI=1S/C12H10Br3NS/c1-7-4-8(13)2-3-11(7)16-6-9-5-10(14)12(15)17-9/h2-5,16H,6H2,1H3. The summed E-state index contributed by atoms with van der Waals surface area (Å²) in [5.41, 5.74) is 2.42. The van der Waals surface area contributed by atoms with Crippen molar-refractivity contribution in [3.63, 3.8) is 0 Å². The van der Waals surface area contributed by atoms with E-state index in [1.165, 1.54) is 16.1 Å². The molecule has 0 atom stereocenters. The van der Waals surface area contributed by atoms with Gasteiger partial charge in [-0.3, -0.25) is 0 Å². The molecule has 0 bridgehead atoms. The van der Waals surface area contributed by atoms with Crippen molar-refractivity contribution >= 4 is 64.8 Å². The van der Waals surface area contributed by atoms with Crippen molar-refractivity contribution < 1.29 is 0 Å². The number of rotatable bonds is 3. The van der Waals surface area contributed by atoms with E-state index in [1.807, 2.05) is 0 Å². The fraction of sp³-hybridized carbons (Fsp3) is 0.167. The van der Waals surface area contributed by atoms with Crippen LogP contribution in [0.4, 0.5) is 5.69 Å². The molecule has 0 aliphatic heterocycles. The van der Waals surface area contributed by atoms with E-state index in [-0.39, 0.29) is 0 Å². The molecule has 17 heavy (non-hydrogen) atoms. The summed E-state index contributed by atoms with van der Waals surface area (Å²) in [6, 6.07) is 8.39. The topological polar surface area (TPSA) is 12.0 Å². The van der Waals surface area contributed by atoms with Gasteiger partial charge < -0.3 is 5.32 Å². The van der Waals surface area contributed by atoms with Gasteiger partial charge in [-0.25, -0.2) is 0 Å². The third-order valence-corrected chi connectivity index (χ3v) is 6.09. The molecule has 1 aromatic carbocycles. The summed E-state index contributed by atoms with van der Waals surface area (Å²) in [5, 5.41) is 3.44. The van der Waals surface area contributed by atoms with Crippen LogP contribution in [0.1, 0.15) is 10.4 Å². The van der Waals surface area contributed by atoms with Gasteiger partial charge in [0.15, 0.2) is 0 Å². The number of benzene rings is 1. The fourth-order valence-electron chi connectivity index (χ4n) is 1.49. The Bertz CT molecular complexity index is 517. The highest BCUT2D eigenvalue weighted by Crippen LogP contribution is 2.33. The van der Waals surface area contributed by atoms with Crippen molar-refractivity contribution in [2.24, 2.45) is 0 Å². The Labute approximate surface area is 130 Å². The number of anilines is 1. The van der Waals surface area contributed by atoms with Crippen LogP contribution < -0.4 is 5.32 Å². The minimum Gasteiger partial charge on any atom is -0.380 e. The lowest BCUT2D eigenvalue weighted by Crippen LogP contribution is -1.99. The summed E-state index contributed by atoms with van der Waals surface area (Å²) in [4.78, 5) is 1.30. The summed E-state index contributed by atoms with van der Waals surface area (Å²) >= 11 is 12.2. The molecule has 90 valence electrons. The lowest BCUT2D eigenvalue weighted by molar-refractivity contribution is 1.18. The second kappa shape index (κ2) is 5.87. The summed E-state index contributed by atoms with van der Waals surface area (Å²) < 4.78 is 3.37.